The molecule has 202 valence electrons. The lowest BCUT2D eigenvalue weighted by Crippen LogP contribution is -2.28. The third kappa shape index (κ3) is 8.08. The molecule has 2 aromatic heterocycles. The molecule has 12 heteroatoms. The number of methoxy groups -OCH3 is 1. The van der Waals surface area contributed by atoms with Crippen molar-refractivity contribution in [1.82, 2.24) is 19.3 Å². The van der Waals surface area contributed by atoms with Gasteiger partial charge in [-0.2, -0.15) is 5.10 Å². The van der Waals surface area contributed by atoms with Gasteiger partial charge in [0.15, 0.2) is 5.15 Å². The summed E-state index contributed by atoms with van der Waals surface area (Å²) in [4.78, 5) is 30.2. The molecule has 2 heterocycles. The van der Waals surface area contributed by atoms with Crippen LogP contribution in [-0.4, -0.2) is 61.8 Å². The summed E-state index contributed by atoms with van der Waals surface area (Å²) in [6.07, 6.45) is 0. The van der Waals surface area contributed by atoms with Gasteiger partial charge < -0.3 is 14.2 Å². The summed E-state index contributed by atoms with van der Waals surface area (Å²) < 4.78 is 19.7. The average Bonchev–Trinajstić information content (AvgIpc) is 3.17. The molecule has 0 radical (unpaired) electrons. The van der Waals surface area contributed by atoms with Crippen LogP contribution in [0.4, 0.5) is 0 Å². The van der Waals surface area contributed by atoms with E-state index in [2.05, 4.69) is 44.4 Å². The number of carbonyl (C=O) groups is 1. The highest BCUT2D eigenvalue weighted by Crippen LogP contribution is 2.26. The lowest BCUT2D eigenvalue weighted by Gasteiger charge is -2.17. The van der Waals surface area contributed by atoms with Crippen LogP contribution in [0.1, 0.15) is 10.4 Å². The zero-order chi connectivity index (χ0) is 27.4. The quantitative estimate of drug-likeness (QED) is 0.167. The summed E-state index contributed by atoms with van der Waals surface area (Å²) in [5, 5.41) is 4.31. The zero-order valence-corrected chi connectivity index (χ0v) is 25.5. The topological polar surface area (TPSA) is 97.5 Å². The Hall–Kier alpha value is -2.32. The number of benzene rings is 1. The monoisotopic (exact) mass is 564 g/mol. The molecule has 0 aliphatic rings. The molecular formula is C25H37ClN4O5Si2. The molecule has 0 atom stereocenters. The maximum absolute atomic E-state index is 13.4. The van der Waals surface area contributed by atoms with E-state index in [0.717, 1.165) is 17.6 Å². The van der Waals surface area contributed by atoms with E-state index in [1.54, 1.807) is 18.2 Å². The lowest BCUT2D eigenvalue weighted by atomic mass is 10.2. The minimum Gasteiger partial charge on any atom is -0.465 e. The number of halogens is 1. The second kappa shape index (κ2) is 12.0. The van der Waals surface area contributed by atoms with Gasteiger partial charge in [0.1, 0.15) is 19.3 Å². The van der Waals surface area contributed by atoms with E-state index in [0.29, 0.717) is 30.1 Å². The van der Waals surface area contributed by atoms with E-state index >= 15 is 0 Å². The molecule has 37 heavy (non-hydrogen) atoms. The Morgan fingerprint density at radius 3 is 2.19 bits per heavy atom. The fourth-order valence-corrected chi connectivity index (χ4v) is 5.25. The van der Waals surface area contributed by atoms with E-state index in [-0.39, 0.29) is 29.7 Å². The van der Waals surface area contributed by atoms with Crippen molar-refractivity contribution in [2.75, 3.05) is 20.3 Å². The lowest BCUT2D eigenvalue weighted by molar-refractivity contribution is 0.0601. The maximum atomic E-state index is 13.4. The molecule has 0 saturated heterocycles. The number of esters is 1. The standard InChI is InChI=1S/C25H37ClN4O5Si2/c1-33-25(32)18-8-9-21-20(14-18)27-23(29(21)16-34-10-12-36(2,3)4)19-15-22(26)28-30(24(19)31)17-35-11-13-37(5,6)7/h8-9,14-15H,10-13,16-17H2,1-7H3. The van der Waals surface area contributed by atoms with Gasteiger partial charge in [0.2, 0.25) is 0 Å². The molecule has 0 unspecified atom stereocenters. The van der Waals surface area contributed by atoms with Crippen molar-refractivity contribution in [3.8, 4) is 11.4 Å². The van der Waals surface area contributed by atoms with Crippen LogP contribution in [0, 0.1) is 0 Å². The first-order valence-electron chi connectivity index (χ1n) is 12.3. The van der Waals surface area contributed by atoms with Gasteiger partial charge in [-0.1, -0.05) is 50.9 Å². The summed E-state index contributed by atoms with van der Waals surface area (Å²) in [6.45, 7) is 15.0. The molecule has 0 spiro atoms. The van der Waals surface area contributed by atoms with Crippen molar-refractivity contribution >= 4 is 44.8 Å². The van der Waals surface area contributed by atoms with Crippen LogP contribution in [0.3, 0.4) is 0 Å². The number of hydrogen-bond donors (Lipinski definition) is 0. The SMILES string of the molecule is COC(=O)c1ccc2c(c1)nc(-c1cc(Cl)nn(COCC[Si](C)(C)C)c1=O)n2COCC[Si](C)(C)C. The summed E-state index contributed by atoms with van der Waals surface area (Å²) >= 11 is 6.33. The number of carbonyl (C=O) groups excluding carboxylic acids is 1. The van der Waals surface area contributed by atoms with Crippen LogP contribution in [-0.2, 0) is 27.7 Å². The fraction of sp³-hybridized carbons (Fsp3) is 0.520. The number of ether oxygens (including phenoxy) is 3. The van der Waals surface area contributed by atoms with E-state index in [4.69, 9.17) is 30.8 Å². The first kappa shape index (κ1) is 29.2. The molecule has 0 bridgehead atoms. The number of hydrogen-bond acceptors (Lipinski definition) is 7. The summed E-state index contributed by atoms with van der Waals surface area (Å²) in [5.74, 6) is -0.0793. The Labute approximate surface area is 224 Å². The van der Waals surface area contributed by atoms with Crippen LogP contribution < -0.4 is 5.56 Å². The van der Waals surface area contributed by atoms with Gasteiger partial charge in [-0.05, 0) is 36.4 Å². The van der Waals surface area contributed by atoms with Crippen molar-refractivity contribution in [3.63, 3.8) is 0 Å². The number of fused-ring (bicyclic) bond motifs is 1. The summed E-state index contributed by atoms with van der Waals surface area (Å²) in [5.41, 5.74) is 1.53. The Kier molecular flexibility index (Phi) is 9.51. The fourth-order valence-electron chi connectivity index (χ4n) is 3.53. The van der Waals surface area contributed by atoms with Gasteiger partial charge in [0.25, 0.3) is 5.56 Å². The molecule has 9 nitrogen and oxygen atoms in total. The Morgan fingerprint density at radius 2 is 1.59 bits per heavy atom. The maximum Gasteiger partial charge on any atom is 0.337 e. The largest absolute Gasteiger partial charge is 0.465 e. The van der Waals surface area contributed by atoms with Crippen LogP contribution in [0.2, 0.25) is 56.5 Å². The second-order valence-corrected chi connectivity index (χ2v) is 23.1. The third-order valence-electron chi connectivity index (χ3n) is 5.78. The van der Waals surface area contributed by atoms with Crippen LogP contribution >= 0.6 is 11.6 Å². The molecule has 1 aromatic carbocycles. The molecule has 0 aliphatic heterocycles. The van der Waals surface area contributed by atoms with Crippen molar-refractivity contribution in [2.45, 2.75) is 64.8 Å². The van der Waals surface area contributed by atoms with Gasteiger partial charge in [-0.25, -0.2) is 14.5 Å². The number of aromatic nitrogens is 4. The normalized spacial score (nSPS) is 12.3. The van der Waals surface area contributed by atoms with Crippen molar-refractivity contribution in [2.24, 2.45) is 0 Å². The molecule has 0 amide bonds. The summed E-state index contributed by atoms with van der Waals surface area (Å²) in [6, 6.07) is 8.57. The zero-order valence-electron chi connectivity index (χ0n) is 22.8. The van der Waals surface area contributed by atoms with Crippen molar-refractivity contribution in [3.05, 3.63) is 45.3 Å². The number of nitrogens with zero attached hydrogens (tertiary/aromatic N) is 4. The molecular weight excluding hydrogens is 528 g/mol. The average molecular weight is 565 g/mol. The van der Waals surface area contributed by atoms with Crippen LogP contribution in [0.15, 0.2) is 29.1 Å². The Bertz CT molecular complexity index is 1310. The minimum atomic E-state index is -1.28. The highest BCUT2D eigenvalue weighted by atomic mass is 35.5. The minimum absolute atomic E-state index is 0.00367. The van der Waals surface area contributed by atoms with E-state index in [1.165, 1.54) is 17.9 Å². The predicted molar refractivity (Wildman–Crippen MR) is 152 cm³/mol. The second-order valence-electron chi connectivity index (χ2n) is 11.4. The van der Waals surface area contributed by atoms with Gasteiger partial charge >= 0.3 is 5.97 Å². The van der Waals surface area contributed by atoms with Crippen molar-refractivity contribution in [1.29, 1.82) is 0 Å². The molecule has 3 aromatic rings. The summed E-state index contributed by atoms with van der Waals surface area (Å²) in [7, 11) is -1.22. The molecule has 0 fully saturated rings. The molecule has 0 N–H and O–H groups in total. The molecule has 0 saturated carbocycles. The highest BCUT2D eigenvalue weighted by Gasteiger charge is 2.21. The number of rotatable bonds is 12. The smallest absolute Gasteiger partial charge is 0.337 e. The van der Waals surface area contributed by atoms with Crippen LogP contribution in [0.25, 0.3) is 22.4 Å². The first-order valence-corrected chi connectivity index (χ1v) is 20.1. The van der Waals surface area contributed by atoms with E-state index < -0.39 is 22.1 Å². The predicted octanol–water partition coefficient (Wildman–Crippen LogP) is 5.32. The van der Waals surface area contributed by atoms with Gasteiger partial charge in [-0.15, -0.1) is 0 Å². The third-order valence-corrected chi connectivity index (χ3v) is 9.37. The van der Waals surface area contributed by atoms with Gasteiger partial charge in [0, 0.05) is 29.4 Å². The first-order chi connectivity index (χ1) is 17.3. The molecule has 0 aliphatic carbocycles. The van der Waals surface area contributed by atoms with Gasteiger partial charge in [-0.3, -0.25) is 9.36 Å². The Morgan fingerprint density at radius 1 is 0.973 bits per heavy atom. The Balaban J connectivity index is 2.00. The highest BCUT2D eigenvalue weighted by molar-refractivity contribution is 6.76. The van der Waals surface area contributed by atoms with E-state index in [1.807, 2.05) is 4.57 Å². The van der Waals surface area contributed by atoms with Crippen molar-refractivity contribution < 1.29 is 19.0 Å². The van der Waals surface area contributed by atoms with E-state index in [9.17, 15) is 9.59 Å². The van der Waals surface area contributed by atoms with Gasteiger partial charge in [0.05, 0.1) is 29.3 Å². The number of imidazole rings is 1. The molecule has 3 rings (SSSR count). The van der Waals surface area contributed by atoms with Crippen LogP contribution in [0.5, 0.6) is 0 Å².